The summed E-state index contributed by atoms with van der Waals surface area (Å²) in [4.78, 5) is 8.41. The molecule has 2 aliphatic rings. The topological polar surface area (TPSA) is 88.8 Å². The highest BCUT2D eigenvalue weighted by Gasteiger charge is 2.43. The molecule has 2 bridgehead atoms. The van der Waals surface area contributed by atoms with Crippen LogP contribution in [-0.2, 0) is 0 Å². The van der Waals surface area contributed by atoms with Crippen molar-refractivity contribution < 1.29 is 9.50 Å². The lowest BCUT2D eigenvalue weighted by atomic mass is 9.73. The average molecular weight is 420 g/mol. The van der Waals surface area contributed by atoms with Crippen LogP contribution in [0.5, 0.6) is 5.75 Å². The van der Waals surface area contributed by atoms with E-state index in [0.717, 1.165) is 18.5 Å². The number of rotatable bonds is 4. The number of piperidine rings is 2. The monoisotopic (exact) mass is 420 g/mol. The molecule has 0 spiro atoms. The van der Waals surface area contributed by atoms with Crippen LogP contribution in [0.3, 0.4) is 0 Å². The highest BCUT2D eigenvalue weighted by Crippen LogP contribution is 2.40. The molecule has 2 aromatic heterocycles. The van der Waals surface area contributed by atoms with Gasteiger partial charge in [0.15, 0.2) is 5.82 Å². The second-order valence-electron chi connectivity index (χ2n) is 8.70. The molecular formula is C23H25FN6O. The number of aromatic nitrogens is 5. The van der Waals surface area contributed by atoms with Crippen LogP contribution in [0.25, 0.3) is 22.5 Å². The van der Waals surface area contributed by atoms with Gasteiger partial charge in [0.1, 0.15) is 17.6 Å². The number of halogens is 1. The molecule has 2 N–H and O–H groups in total. The molecule has 31 heavy (non-hydrogen) atoms. The minimum Gasteiger partial charge on any atom is -0.507 e. The smallest absolute Gasteiger partial charge is 0.177 e. The fraction of sp³-hybridized carbons (Fsp3) is 0.391. The summed E-state index contributed by atoms with van der Waals surface area (Å²) in [5, 5.41) is 22.3. The third kappa shape index (κ3) is 3.72. The molecule has 2 aliphatic heterocycles. The van der Waals surface area contributed by atoms with E-state index < -0.39 is 6.17 Å². The number of hydrogen-bond donors (Lipinski definition) is 2. The molecule has 2 fully saturated rings. The molecule has 8 heteroatoms. The predicted octanol–water partition coefficient (Wildman–Crippen LogP) is 3.56. The minimum atomic E-state index is -1.01. The first-order valence-electron chi connectivity index (χ1n) is 10.6. The van der Waals surface area contributed by atoms with Crippen LogP contribution in [0, 0.1) is 11.8 Å². The van der Waals surface area contributed by atoms with Gasteiger partial charge in [-0.3, -0.25) is 0 Å². The quantitative estimate of drug-likeness (QED) is 0.671. The van der Waals surface area contributed by atoms with Gasteiger partial charge in [0.25, 0.3) is 0 Å². The average Bonchev–Trinajstić information content (AvgIpc) is 3.31. The highest BCUT2D eigenvalue weighted by molar-refractivity contribution is 5.68. The van der Waals surface area contributed by atoms with E-state index in [9.17, 15) is 5.11 Å². The fourth-order valence-electron chi connectivity index (χ4n) is 4.91. The van der Waals surface area contributed by atoms with Crippen LogP contribution in [0.15, 0.2) is 49.7 Å². The maximum Gasteiger partial charge on any atom is 0.177 e. The summed E-state index contributed by atoms with van der Waals surface area (Å²) in [6.45, 7) is 6.30. The van der Waals surface area contributed by atoms with E-state index in [1.165, 1.54) is 0 Å². The fourth-order valence-corrected chi connectivity index (χ4v) is 4.91. The van der Waals surface area contributed by atoms with Gasteiger partial charge in [-0.25, -0.2) is 14.4 Å². The highest BCUT2D eigenvalue weighted by atomic mass is 19.1. The zero-order chi connectivity index (χ0) is 21.5. The number of allylic oxidation sites excluding steroid dienone is 1. The molecule has 2 saturated heterocycles. The van der Waals surface area contributed by atoms with Crippen molar-refractivity contribution in [1.29, 1.82) is 0 Å². The number of nitrogens with one attached hydrogen (secondary N) is 1. The van der Waals surface area contributed by atoms with E-state index in [2.05, 4.69) is 39.0 Å². The Morgan fingerprint density at radius 3 is 2.84 bits per heavy atom. The number of alkyl halides is 1. The summed E-state index contributed by atoms with van der Waals surface area (Å²) in [5.41, 5.74) is 2.34. The standard InChI is InChI=1S/C23H25FN6O/c1-13-7-15-9-18(22(24)19(8-13)27-15)14(2)23-26-11-20(28-29-23)17-4-3-16(10-21(17)31)30-6-5-25-12-30/h3-6,10-13,15,18-19,22,27,31H,2,7-9H2,1H3/t13-,15?,18-,19?,22-/m1/s1. The van der Waals surface area contributed by atoms with Crippen molar-refractivity contribution in [1.82, 2.24) is 30.0 Å². The number of imidazole rings is 1. The first-order valence-corrected chi connectivity index (χ1v) is 10.6. The van der Waals surface area contributed by atoms with E-state index in [0.29, 0.717) is 41.0 Å². The largest absolute Gasteiger partial charge is 0.507 e. The molecule has 7 nitrogen and oxygen atoms in total. The minimum absolute atomic E-state index is 0.0676. The molecule has 5 atom stereocenters. The second kappa shape index (κ2) is 7.85. The van der Waals surface area contributed by atoms with Crippen molar-refractivity contribution in [3.05, 3.63) is 55.5 Å². The Kier molecular flexibility index (Phi) is 5.02. The Labute approximate surface area is 180 Å². The van der Waals surface area contributed by atoms with Crippen molar-refractivity contribution in [3.63, 3.8) is 0 Å². The normalized spacial score (nSPS) is 27.7. The van der Waals surface area contributed by atoms with Crippen LogP contribution in [0.1, 0.15) is 32.0 Å². The third-order valence-electron chi connectivity index (χ3n) is 6.46. The van der Waals surface area contributed by atoms with E-state index in [1.807, 2.05) is 6.07 Å². The summed E-state index contributed by atoms with van der Waals surface area (Å²) in [6, 6.07) is 5.42. The third-order valence-corrected chi connectivity index (χ3v) is 6.46. The summed E-state index contributed by atoms with van der Waals surface area (Å²) >= 11 is 0. The number of phenolic OH excluding ortho intramolecular Hbond substituents is 1. The van der Waals surface area contributed by atoms with E-state index >= 15 is 4.39 Å². The van der Waals surface area contributed by atoms with Crippen molar-refractivity contribution >= 4 is 5.57 Å². The van der Waals surface area contributed by atoms with Gasteiger partial charge in [-0.15, -0.1) is 10.2 Å². The number of aromatic hydroxyl groups is 1. The van der Waals surface area contributed by atoms with Crippen LogP contribution in [-0.4, -0.2) is 48.1 Å². The SMILES string of the molecule is C=C(c1ncc(-c2ccc(-n3ccnc3)cc2O)nn1)[C@H]1CC2C[C@@H](C)CC(N2)[C@@H]1F. The Morgan fingerprint density at radius 2 is 2.13 bits per heavy atom. The van der Waals surface area contributed by atoms with Gasteiger partial charge in [-0.2, -0.15) is 0 Å². The number of phenols is 1. The molecule has 5 rings (SSSR count). The summed E-state index contributed by atoms with van der Waals surface area (Å²) in [7, 11) is 0. The van der Waals surface area contributed by atoms with Crippen LogP contribution < -0.4 is 5.32 Å². The van der Waals surface area contributed by atoms with E-state index in [4.69, 9.17) is 0 Å². The van der Waals surface area contributed by atoms with Gasteiger partial charge < -0.3 is 15.0 Å². The van der Waals surface area contributed by atoms with E-state index in [1.54, 1.807) is 41.6 Å². The summed E-state index contributed by atoms with van der Waals surface area (Å²) < 4.78 is 16.9. The zero-order valence-electron chi connectivity index (χ0n) is 17.3. The lowest BCUT2D eigenvalue weighted by molar-refractivity contribution is 0.0771. The van der Waals surface area contributed by atoms with Crippen molar-refractivity contribution in [2.75, 3.05) is 0 Å². The Balaban J connectivity index is 1.35. The molecule has 0 amide bonds. The van der Waals surface area contributed by atoms with Gasteiger partial charge >= 0.3 is 0 Å². The molecule has 0 saturated carbocycles. The predicted molar refractivity (Wildman–Crippen MR) is 115 cm³/mol. The zero-order valence-corrected chi connectivity index (χ0v) is 17.3. The van der Waals surface area contributed by atoms with Gasteiger partial charge in [-0.05, 0) is 42.9 Å². The molecule has 3 aromatic rings. The van der Waals surface area contributed by atoms with Crippen molar-refractivity contribution in [2.24, 2.45) is 11.8 Å². The molecule has 0 radical (unpaired) electrons. The van der Waals surface area contributed by atoms with Crippen LogP contribution >= 0.6 is 0 Å². The lowest BCUT2D eigenvalue weighted by Crippen LogP contribution is -2.57. The van der Waals surface area contributed by atoms with Gasteiger partial charge in [0.05, 0.1) is 18.2 Å². The molecule has 2 unspecified atom stereocenters. The molecule has 0 aliphatic carbocycles. The maximum atomic E-state index is 15.1. The number of benzene rings is 1. The Morgan fingerprint density at radius 1 is 1.26 bits per heavy atom. The molecule has 160 valence electrons. The Bertz CT molecular complexity index is 1080. The van der Waals surface area contributed by atoms with Gasteiger partial charge in [0.2, 0.25) is 0 Å². The van der Waals surface area contributed by atoms with Gasteiger partial charge in [0, 0.05) is 42.0 Å². The van der Waals surface area contributed by atoms with Crippen molar-refractivity contribution in [3.8, 4) is 22.7 Å². The number of fused-ring (bicyclic) bond motifs is 2. The maximum absolute atomic E-state index is 15.1. The van der Waals surface area contributed by atoms with Gasteiger partial charge in [-0.1, -0.05) is 13.5 Å². The molecular weight excluding hydrogens is 395 g/mol. The number of nitrogens with zero attached hydrogens (tertiary/aromatic N) is 5. The summed E-state index contributed by atoms with van der Waals surface area (Å²) in [5.74, 6) is 0.657. The van der Waals surface area contributed by atoms with E-state index in [-0.39, 0.29) is 17.7 Å². The first-order chi connectivity index (χ1) is 15.0. The molecule has 1 aromatic carbocycles. The Hall–Kier alpha value is -3.13. The second-order valence-corrected chi connectivity index (χ2v) is 8.70. The summed E-state index contributed by atoms with van der Waals surface area (Å²) in [6.07, 6.45) is 8.26. The van der Waals surface area contributed by atoms with Crippen LogP contribution in [0.2, 0.25) is 0 Å². The van der Waals surface area contributed by atoms with Crippen molar-refractivity contribution in [2.45, 2.75) is 44.4 Å². The molecule has 4 heterocycles. The lowest BCUT2D eigenvalue weighted by Gasteiger charge is -2.45. The van der Waals surface area contributed by atoms with Crippen LogP contribution in [0.4, 0.5) is 4.39 Å². The first kappa shape index (κ1) is 19.8. The number of hydrogen-bond acceptors (Lipinski definition) is 6.